The Morgan fingerprint density at radius 3 is 2.67 bits per heavy atom. The van der Waals surface area contributed by atoms with Crippen molar-refractivity contribution in [3.05, 3.63) is 10.9 Å². The number of thiophene rings is 1. The lowest BCUT2D eigenvalue weighted by Gasteiger charge is -2.43. The third-order valence-corrected chi connectivity index (χ3v) is 6.32. The molecule has 7 heteroatoms. The van der Waals surface area contributed by atoms with Gasteiger partial charge < -0.3 is 14.5 Å². The molecule has 6 nitrogen and oxygen atoms in total. The molecule has 4 rings (SSSR count). The van der Waals surface area contributed by atoms with Crippen LogP contribution in [0.5, 0.6) is 0 Å². The molecule has 2 aromatic rings. The van der Waals surface area contributed by atoms with Crippen molar-refractivity contribution >= 4 is 27.4 Å². The van der Waals surface area contributed by atoms with Gasteiger partial charge in [-0.15, -0.1) is 11.3 Å². The minimum absolute atomic E-state index is 0.594. The molecule has 2 aliphatic heterocycles. The van der Waals surface area contributed by atoms with Crippen molar-refractivity contribution in [2.24, 2.45) is 0 Å². The molecule has 0 amide bonds. The number of piperazine rings is 1. The smallest absolute Gasteiger partial charge is 0.168 e. The number of nitrogens with zero attached hydrogens (tertiary/aromatic N) is 4. The highest BCUT2D eigenvalue weighted by Crippen LogP contribution is 2.34. The normalized spacial score (nSPS) is 27.2. The number of hydrogen-bond acceptors (Lipinski definition) is 6. The molecule has 0 radical (unpaired) electrons. The Morgan fingerprint density at radius 2 is 1.96 bits per heavy atom. The number of H-pyrrole nitrogens is 1. The Balaban J connectivity index is 1.54. The van der Waals surface area contributed by atoms with Crippen molar-refractivity contribution in [2.75, 3.05) is 51.3 Å². The van der Waals surface area contributed by atoms with E-state index in [4.69, 9.17) is 4.74 Å². The first-order chi connectivity index (χ1) is 11.6. The summed E-state index contributed by atoms with van der Waals surface area (Å²) in [6.45, 7) is 11.5. The molecule has 132 valence electrons. The Kier molecular flexibility index (Phi) is 4.51. The van der Waals surface area contributed by atoms with E-state index in [0.29, 0.717) is 12.1 Å². The lowest BCUT2D eigenvalue weighted by molar-refractivity contribution is 0.0467. The number of anilines is 1. The summed E-state index contributed by atoms with van der Waals surface area (Å²) < 4.78 is 6.75. The van der Waals surface area contributed by atoms with Gasteiger partial charge in [0.05, 0.1) is 23.4 Å². The molecule has 1 N–H and O–H groups in total. The van der Waals surface area contributed by atoms with E-state index in [2.05, 4.69) is 51.9 Å². The average molecular weight is 350 g/mol. The fraction of sp³-hybridized carbons (Fsp3) is 0.706. The van der Waals surface area contributed by atoms with E-state index in [1.165, 1.54) is 15.1 Å². The maximum absolute atomic E-state index is 5.46. The molecule has 0 bridgehead atoms. The molecule has 4 heterocycles. The average Bonchev–Trinajstić information content (AvgIpc) is 3.11. The highest BCUT2D eigenvalue weighted by molar-refractivity contribution is 7.19. The van der Waals surface area contributed by atoms with Gasteiger partial charge in [-0.05, 0) is 27.0 Å². The first-order valence-corrected chi connectivity index (χ1v) is 9.67. The molecular weight excluding hydrogens is 322 g/mol. The predicted molar refractivity (Wildman–Crippen MR) is 99.0 cm³/mol. The molecule has 0 aliphatic carbocycles. The summed E-state index contributed by atoms with van der Waals surface area (Å²) in [5.74, 6) is 1.10. The number of ether oxygens (including phenoxy) is 1. The van der Waals surface area contributed by atoms with Crippen molar-refractivity contribution < 1.29 is 4.74 Å². The van der Waals surface area contributed by atoms with Gasteiger partial charge >= 0.3 is 0 Å². The predicted octanol–water partition coefficient (Wildman–Crippen LogP) is 1.99. The van der Waals surface area contributed by atoms with Gasteiger partial charge in [0.25, 0.3) is 0 Å². The Labute approximate surface area is 147 Å². The van der Waals surface area contributed by atoms with Crippen LogP contribution in [-0.4, -0.2) is 78.5 Å². The first-order valence-electron chi connectivity index (χ1n) is 8.85. The zero-order chi connectivity index (χ0) is 16.7. The summed E-state index contributed by atoms with van der Waals surface area (Å²) >= 11 is 1.89. The number of nitrogens with one attached hydrogen (secondary N) is 1. The van der Waals surface area contributed by atoms with Crippen LogP contribution in [0.3, 0.4) is 0 Å². The van der Waals surface area contributed by atoms with Gasteiger partial charge in [0.2, 0.25) is 0 Å². The molecule has 0 aromatic carbocycles. The summed E-state index contributed by atoms with van der Waals surface area (Å²) in [6.07, 6.45) is 0. The maximum Gasteiger partial charge on any atom is 0.168 e. The Morgan fingerprint density at radius 1 is 1.25 bits per heavy atom. The monoisotopic (exact) mass is 349 g/mol. The zero-order valence-corrected chi connectivity index (χ0v) is 15.6. The summed E-state index contributed by atoms with van der Waals surface area (Å²) in [5.41, 5.74) is 1.17. The fourth-order valence-corrected chi connectivity index (χ4v) is 5.17. The molecular formula is C17H27N5OS. The van der Waals surface area contributed by atoms with E-state index < -0.39 is 0 Å². The highest BCUT2D eigenvalue weighted by Gasteiger charge is 2.28. The number of rotatable bonds is 3. The molecule has 24 heavy (non-hydrogen) atoms. The molecule has 2 saturated heterocycles. The number of aromatic amines is 1. The third-order valence-electron chi connectivity index (χ3n) is 5.20. The first kappa shape index (κ1) is 16.3. The quantitative estimate of drug-likeness (QED) is 0.918. The van der Waals surface area contributed by atoms with Crippen molar-refractivity contribution in [3.63, 3.8) is 0 Å². The van der Waals surface area contributed by atoms with Crippen LogP contribution in [0.1, 0.15) is 18.7 Å². The molecule has 2 atom stereocenters. The van der Waals surface area contributed by atoms with Gasteiger partial charge in [-0.25, -0.2) is 0 Å². The minimum atomic E-state index is 0.594. The van der Waals surface area contributed by atoms with Crippen LogP contribution in [0.4, 0.5) is 5.82 Å². The number of hydrogen-bond donors (Lipinski definition) is 1. The molecule has 0 spiro atoms. The van der Waals surface area contributed by atoms with Crippen LogP contribution >= 0.6 is 11.3 Å². The SMILES string of the molecule is C[C@@H]1CN(C)C[C@H](C)N1Cc1cc2[nH]nc(N3CCOCC3)c2s1. The van der Waals surface area contributed by atoms with Crippen LogP contribution in [0.25, 0.3) is 10.2 Å². The van der Waals surface area contributed by atoms with Crippen LogP contribution in [0.15, 0.2) is 6.07 Å². The number of fused-ring (bicyclic) bond motifs is 1. The van der Waals surface area contributed by atoms with E-state index in [-0.39, 0.29) is 0 Å². The second-order valence-electron chi connectivity index (χ2n) is 7.19. The lowest BCUT2D eigenvalue weighted by Crippen LogP contribution is -2.54. The molecule has 2 fully saturated rings. The number of morpholine rings is 1. The van der Waals surface area contributed by atoms with Crippen molar-refractivity contribution in [2.45, 2.75) is 32.5 Å². The van der Waals surface area contributed by atoms with Gasteiger partial charge in [0.15, 0.2) is 5.82 Å². The maximum atomic E-state index is 5.46. The third kappa shape index (κ3) is 3.06. The fourth-order valence-electron chi connectivity index (χ4n) is 4.03. The van der Waals surface area contributed by atoms with E-state index >= 15 is 0 Å². The molecule has 0 saturated carbocycles. The van der Waals surface area contributed by atoms with Crippen molar-refractivity contribution in [3.8, 4) is 0 Å². The number of likely N-dealkylation sites (N-methyl/N-ethyl adjacent to an activating group) is 1. The second-order valence-corrected chi connectivity index (χ2v) is 8.33. The van der Waals surface area contributed by atoms with Gasteiger partial charge in [-0.3, -0.25) is 10.00 Å². The van der Waals surface area contributed by atoms with E-state index in [1.54, 1.807) is 0 Å². The van der Waals surface area contributed by atoms with Crippen molar-refractivity contribution in [1.29, 1.82) is 0 Å². The van der Waals surface area contributed by atoms with Gasteiger partial charge in [-0.1, -0.05) is 0 Å². The minimum Gasteiger partial charge on any atom is -0.378 e. The molecule has 0 unspecified atom stereocenters. The van der Waals surface area contributed by atoms with Gasteiger partial charge in [0.1, 0.15) is 0 Å². The summed E-state index contributed by atoms with van der Waals surface area (Å²) in [6, 6.07) is 3.47. The van der Waals surface area contributed by atoms with E-state index in [0.717, 1.165) is 51.8 Å². The van der Waals surface area contributed by atoms with Crippen LogP contribution in [0, 0.1) is 0 Å². The number of aromatic nitrogens is 2. The molecule has 2 aromatic heterocycles. The van der Waals surface area contributed by atoms with Gasteiger partial charge in [0, 0.05) is 49.7 Å². The summed E-state index contributed by atoms with van der Waals surface area (Å²) in [7, 11) is 2.22. The standard InChI is InChI=1S/C17H27N5OS/c1-12-9-20(3)10-13(2)22(12)11-14-8-15-16(24-14)17(19-18-15)21-4-6-23-7-5-21/h8,12-13H,4-7,9-11H2,1-3H3,(H,18,19)/t12-,13+. The van der Waals surface area contributed by atoms with E-state index in [9.17, 15) is 0 Å². The Hall–Kier alpha value is -1.15. The van der Waals surface area contributed by atoms with Crippen molar-refractivity contribution in [1.82, 2.24) is 20.0 Å². The topological polar surface area (TPSA) is 47.6 Å². The second kappa shape index (κ2) is 6.63. The largest absolute Gasteiger partial charge is 0.378 e. The summed E-state index contributed by atoms with van der Waals surface area (Å²) in [5, 5.41) is 7.77. The summed E-state index contributed by atoms with van der Waals surface area (Å²) in [4.78, 5) is 8.83. The van der Waals surface area contributed by atoms with Gasteiger partial charge in [-0.2, -0.15) is 5.10 Å². The van der Waals surface area contributed by atoms with E-state index in [1.807, 2.05) is 11.3 Å². The Bertz CT molecular complexity index is 680. The van der Waals surface area contributed by atoms with Crippen LogP contribution < -0.4 is 4.90 Å². The molecule has 2 aliphatic rings. The lowest BCUT2D eigenvalue weighted by atomic mass is 10.1. The van der Waals surface area contributed by atoms with Crippen LogP contribution in [-0.2, 0) is 11.3 Å². The highest BCUT2D eigenvalue weighted by atomic mass is 32.1. The van der Waals surface area contributed by atoms with Crippen LogP contribution in [0.2, 0.25) is 0 Å². The zero-order valence-electron chi connectivity index (χ0n) is 14.8.